The fraction of sp³-hybridized carbons (Fsp3) is 0.500. The second-order valence-corrected chi connectivity index (χ2v) is 7.28. The van der Waals surface area contributed by atoms with Gasteiger partial charge >= 0.3 is 7.82 Å². The number of nitrogen functional groups attached to an aromatic ring is 2. The van der Waals surface area contributed by atoms with Gasteiger partial charge in [-0.1, -0.05) is 0 Å². The Kier molecular flexibility index (Phi) is 4.67. The maximum Gasteiger partial charge on any atom is 0.469 e. The molecule has 13 nitrogen and oxygen atoms in total. The summed E-state index contributed by atoms with van der Waals surface area (Å²) in [7, 11) is -4.77. The number of anilines is 2. The fourth-order valence-electron chi connectivity index (χ4n) is 2.94. The van der Waals surface area contributed by atoms with E-state index in [1.807, 2.05) is 0 Å². The van der Waals surface area contributed by atoms with E-state index in [4.69, 9.17) is 26.1 Å². The predicted octanol–water partition coefficient (Wildman–Crippen LogP) is -1.58. The molecule has 0 saturated carbocycles. The van der Waals surface area contributed by atoms with Gasteiger partial charge in [-0.15, -0.1) is 0 Å². The van der Waals surface area contributed by atoms with Gasteiger partial charge in [0.15, 0.2) is 6.23 Å². The topological polar surface area (TPSA) is 211 Å². The van der Waals surface area contributed by atoms with E-state index < -0.39 is 38.5 Å². The monoisotopic (exact) mass is 390 g/mol. The van der Waals surface area contributed by atoms with Crippen molar-refractivity contribution in [3.05, 3.63) is 12.5 Å². The summed E-state index contributed by atoms with van der Waals surface area (Å²) in [5.74, 6) is 5.62. The molecule has 0 bridgehead atoms. The van der Waals surface area contributed by atoms with E-state index in [0.29, 0.717) is 11.1 Å². The molecule has 0 spiro atoms. The average Bonchev–Trinajstić information content (AvgIpc) is 3.02. The van der Waals surface area contributed by atoms with Gasteiger partial charge in [0.2, 0.25) is 0 Å². The molecule has 0 amide bonds. The van der Waals surface area contributed by atoms with Crippen molar-refractivity contribution in [2.45, 2.75) is 31.0 Å². The summed E-state index contributed by atoms with van der Waals surface area (Å²) < 4.78 is 22.2. The highest BCUT2D eigenvalue weighted by molar-refractivity contribution is 7.46. The molecule has 26 heavy (non-hydrogen) atoms. The third kappa shape index (κ3) is 3.15. The maximum atomic E-state index is 10.9. The Morgan fingerprint density at radius 3 is 2.81 bits per heavy atom. The van der Waals surface area contributed by atoms with Crippen LogP contribution in [0.5, 0.6) is 0 Å². The van der Waals surface area contributed by atoms with Crippen LogP contribution in [0.3, 0.4) is 0 Å². The summed E-state index contributed by atoms with van der Waals surface area (Å²) in [6.45, 7) is 0.683. The number of phosphoric acid groups is 1. The van der Waals surface area contributed by atoms with Crippen molar-refractivity contribution in [2.24, 2.45) is 5.84 Å². The number of phosphoric ester groups is 1. The van der Waals surface area contributed by atoms with Gasteiger partial charge in [0.05, 0.1) is 17.7 Å². The molecule has 1 aliphatic rings. The first-order chi connectivity index (χ1) is 12.1. The maximum absolute atomic E-state index is 10.9. The van der Waals surface area contributed by atoms with Crippen molar-refractivity contribution in [3.63, 3.8) is 0 Å². The molecule has 1 aliphatic heterocycles. The number of aromatic nitrogens is 3. The fourth-order valence-corrected chi connectivity index (χ4v) is 3.29. The van der Waals surface area contributed by atoms with Crippen LogP contribution in [0.15, 0.2) is 12.5 Å². The van der Waals surface area contributed by atoms with Crippen LogP contribution in [0.25, 0.3) is 11.0 Å². The Bertz CT molecular complexity index is 867. The van der Waals surface area contributed by atoms with Gasteiger partial charge < -0.3 is 40.5 Å². The van der Waals surface area contributed by atoms with E-state index in [2.05, 4.69) is 19.9 Å². The van der Waals surface area contributed by atoms with Gasteiger partial charge in [-0.2, -0.15) is 0 Å². The largest absolute Gasteiger partial charge is 0.469 e. The lowest BCUT2D eigenvalue weighted by atomic mass is 9.96. The molecule has 3 heterocycles. The average molecular weight is 390 g/mol. The molecular weight excluding hydrogens is 371 g/mol. The number of nitrogens with one attached hydrogen (secondary N) is 1. The van der Waals surface area contributed by atoms with Crippen LogP contribution in [0, 0.1) is 0 Å². The third-order valence-corrected chi connectivity index (χ3v) is 4.69. The van der Waals surface area contributed by atoms with Crippen LogP contribution in [0.4, 0.5) is 11.5 Å². The van der Waals surface area contributed by atoms with Crippen molar-refractivity contribution in [2.75, 3.05) is 17.8 Å². The van der Waals surface area contributed by atoms with Crippen LogP contribution in [-0.4, -0.2) is 59.0 Å². The van der Waals surface area contributed by atoms with Crippen molar-refractivity contribution in [3.8, 4) is 0 Å². The number of nitrogens with two attached hydrogens (primary N) is 2. The normalized spacial score (nSPS) is 29.4. The second-order valence-electron chi connectivity index (χ2n) is 6.04. The molecule has 0 aliphatic carbocycles. The number of aliphatic hydroxyl groups is 2. The molecule has 2 aromatic rings. The van der Waals surface area contributed by atoms with Gasteiger partial charge in [0.1, 0.15) is 35.6 Å². The molecule has 1 fully saturated rings. The molecule has 2 aromatic heterocycles. The van der Waals surface area contributed by atoms with Gasteiger partial charge in [-0.3, -0.25) is 10.4 Å². The number of nitrogens with zero attached hydrogens (tertiary/aromatic N) is 3. The molecule has 9 N–H and O–H groups in total. The van der Waals surface area contributed by atoms with Crippen molar-refractivity contribution in [1.82, 2.24) is 14.5 Å². The number of aliphatic hydroxyl groups excluding tert-OH is 1. The van der Waals surface area contributed by atoms with Crippen LogP contribution in [0.1, 0.15) is 13.2 Å². The van der Waals surface area contributed by atoms with Crippen LogP contribution in [0.2, 0.25) is 0 Å². The molecule has 0 radical (unpaired) electrons. The zero-order valence-corrected chi connectivity index (χ0v) is 14.4. The third-order valence-electron chi connectivity index (χ3n) is 4.21. The zero-order valence-electron chi connectivity index (χ0n) is 13.6. The smallest absolute Gasteiger partial charge is 0.387 e. The van der Waals surface area contributed by atoms with E-state index in [1.165, 1.54) is 24.0 Å². The highest BCUT2D eigenvalue weighted by Gasteiger charge is 2.54. The summed E-state index contributed by atoms with van der Waals surface area (Å²) in [5, 5.41) is 21.4. The van der Waals surface area contributed by atoms with Gasteiger partial charge in [0.25, 0.3) is 0 Å². The van der Waals surface area contributed by atoms with Gasteiger partial charge in [-0.05, 0) is 6.92 Å². The Morgan fingerprint density at radius 1 is 1.50 bits per heavy atom. The summed E-state index contributed by atoms with van der Waals surface area (Å²) in [4.78, 5) is 25.6. The SMILES string of the molecule is C[C@@]1(O)[C@H](O)[C@@H](COP(=O)(O)O)O[C@H]1n1cc(NN)c2c(N)ncnc21. The first-order valence-electron chi connectivity index (χ1n) is 7.40. The number of hydrogen-bond donors (Lipinski definition) is 7. The lowest BCUT2D eigenvalue weighted by molar-refractivity contribution is -0.0946. The summed E-state index contributed by atoms with van der Waals surface area (Å²) >= 11 is 0. The van der Waals surface area contributed by atoms with Gasteiger partial charge in [-0.25, -0.2) is 14.5 Å². The molecule has 3 rings (SSSR count). The second kappa shape index (κ2) is 6.40. The number of hydrazine groups is 1. The van der Waals surface area contributed by atoms with Crippen molar-refractivity contribution in [1.29, 1.82) is 0 Å². The molecule has 14 heteroatoms. The highest BCUT2D eigenvalue weighted by atomic mass is 31.2. The first kappa shape index (κ1) is 18.9. The minimum atomic E-state index is -4.77. The quantitative estimate of drug-likeness (QED) is 0.175. The van der Waals surface area contributed by atoms with Crippen LogP contribution >= 0.6 is 7.82 Å². The summed E-state index contributed by atoms with van der Waals surface area (Å²) in [6.07, 6.45) is -1.18. The van der Waals surface area contributed by atoms with Crippen LogP contribution < -0.4 is 17.0 Å². The first-order valence-corrected chi connectivity index (χ1v) is 8.93. The van der Waals surface area contributed by atoms with E-state index in [1.54, 1.807) is 0 Å². The molecule has 4 atom stereocenters. The Morgan fingerprint density at radius 2 is 2.19 bits per heavy atom. The number of hydrogen-bond acceptors (Lipinski definition) is 10. The standard InChI is InChI=1S/C12H19N6O7P/c1-12(20)8(19)6(3-24-26(21,22)23)25-11(12)18-2-5(17-14)7-9(13)15-4-16-10(7)18/h2,4,6,8,11,17,19-20H,3,14H2,1H3,(H2,13,15,16)(H2,21,22,23)/t6-,8-,11-,12-/m1/s1. The van der Waals surface area contributed by atoms with Crippen molar-refractivity contribution >= 4 is 30.4 Å². The Hall–Kier alpha value is -1.83. The molecule has 0 unspecified atom stereocenters. The van der Waals surface area contributed by atoms with Gasteiger partial charge in [0, 0.05) is 6.20 Å². The zero-order chi connectivity index (χ0) is 19.3. The number of fused-ring (bicyclic) bond motifs is 1. The minimum absolute atomic E-state index is 0.140. The lowest BCUT2D eigenvalue weighted by Gasteiger charge is -2.27. The molecule has 144 valence electrons. The summed E-state index contributed by atoms with van der Waals surface area (Å²) in [5.41, 5.74) is 7.09. The molecule has 0 aromatic carbocycles. The molecule has 1 saturated heterocycles. The summed E-state index contributed by atoms with van der Waals surface area (Å²) in [6, 6.07) is 0. The number of rotatable bonds is 5. The van der Waals surface area contributed by atoms with E-state index in [-0.39, 0.29) is 11.5 Å². The lowest BCUT2D eigenvalue weighted by Crippen LogP contribution is -2.44. The Balaban J connectivity index is 2.00. The minimum Gasteiger partial charge on any atom is -0.387 e. The predicted molar refractivity (Wildman–Crippen MR) is 88.3 cm³/mol. The van der Waals surface area contributed by atoms with E-state index in [9.17, 15) is 14.8 Å². The Labute approximate surface area is 146 Å². The van der Waals surface area contributed by atoms with E-state index in [0.717, 1.165) is 0 Å². The van der Waals surface area contributed by atoms with E-state index >= 15 is 0 Å². The van der Waals surface area contributed by atoms with Crippen molar-refractivity contribution < 1.29 is 33.8 Å². The highest BCUT2D eigenvalue weighted by Crippen LogP contribution is 2.43. The molecular formula is C12H19N6O7P. The van der Waals surface area contributed by atoms with Crippen LogP contribution in [-0.2, 0) is 13.8 Å². The number of ether oxygens (including phenoxy) is 1.